The molecule has 0 heterocycles. The molecule has 0 aromatic heterocycles. The lowest BCUT2D eigenvalue weighted by Gasteiger charge is -2.31. The van der Waals surface area contributed by atoms with Crippen LogP contribution in [0.5, 0.6) is 0 Å². The molecule has 0 saturated carbocycles. The number of carbonyl (C=O) groups is 2. The lowest BCUT2D eigenvalue weighted by Crippen LogP contribution is -2.51. The number of nitrogens with zero attached hydrogens (tertiary/aromatic N) is 2. The summed E-state index contributed by atoms with van der Waals surface area (Å²) in [6, 6.07) is 10.9. The molecule has 0 bridgehead atoms. The molecule has 186 valence electrons. The van der Waals surface area contributed by atoms with Crippen molar-refractivity contribution in [2.24, 2.45) is 5.92 Å². The van der Waals surface area contributed by atoms with Crippen LogP contribution >= 0.6 is 23.2 Å². The number of sulfonamides is 1. The summed E-state index contributed by atoms with van der Waals surface area (Å²) in [4.78, 5) is 27.6. The van der Waals surface area contributed by atoms with E-state index in [2.05, 4.69) is 5.32 Å². The zero-order valence-corrected chi connectivity index (χ0v) is 22.3. The SMILES string of the molecule is Cc1ccc(N(CC(=O)N(Cc2ccc(Cl)cc2)[C@@H](C)C(=O)NCC(C)C)S(C)(=O)=O)cc1Cl. The van der Waals surface area contributed by atoms with Gasteiger partial charge >= 0.3 is 0 Å². The van der Waals surface area contributed by atoms with Crippen LogP contribution in [0.4, 0.5) is 5.69 Å². The summed E-state index contributed by atoms with van der Waals surface area (Å²) in [5.41, 5.74) is 1.81. The summed E-state index contributed by atoms with van der Waals surface area (Å²) < 4.78 is 26.2. The maximum atomic E-state index is 13.5. The Hall–Kier alpha value is -2.29. The average Bonchev–Trinajstić information content (AvgIpc) is 2.76. The molecule has 10 heteroatoms. The van der Waals surface area contributed by atoms with Gasteiger partial charge in [-0.15, -0.1) is 0 Å². The van der Waals surface area contributed by atoms with E-state index in [0.29, 0.717) is 16.6 Å². The summed E-state index contributed by atoms with van der Waals surface area (Å²) in [5.74, 6) is -0.604. The molecule has 0 aliphatic heterocycles. The van der Waals surface area contributed by atoms with Gasteiger partial charge in [0.25, 0.3) is 0 Å². The molecule has 1 atom stereocenters. The molecule has 7 nitrogen and oxygen atoms in total. The highest BCUT2D eigenvalue weighted by atomic mass is 35.5. The average molecular weight is 529 g/mol. The summed E-state index contributed by atoms with van der Waals surface area (Å²) in [7, 11) is -3.81. The fraction of sp³-hybridized carbons (Fsp3) is 0.417. The maximum absolute atomic E-state index is 13.5. The lowest BCUT2D eigenvalue weighted by atomic mass is 10.1. The van der Waals surface area contributed by atoms with Crippen LogP contribution in [0.2, 0.25) is 10.0 Å². The Kier molecular flexibility index (Phi) is 9.79. The van der Waals surface area contributed by atoms with Crippen molar-refractivity contribution >= 4 is 50.7 Å². The van der Waals surface area contributed by atoms with E-state index >= 15 is 0 Å². The monoisotopic (exact) mass is 527 g/mol. The predicted octanol–water partition coefficient (Wildman–Crippen LogP) is 4.26. The third-order valence-electron chi connectivity index (χ3n) is 5.24. The summed E-state index contributed by atoms with van der Waals surface area (Å²) >= 11 is 12.2. The van der Waals surface area contributed by atoms with Gasteiger partial charge in [0, 0.05) is 23.1 Å². The van der Waals surface area contributed by atoms with Gasteiger partial charge in [0.05, 0.1) is 11.9 Å². The van der Waals surface area contributed by atoms with Crippen LogP contribution < -0.4 is 9.62 Å². The van der Waals surface area contributed by atoms with Crippen molar-refractivity contribution in [3.8, 4) is 0 Å². The number of hydrogen-bond acceptors (Lipinski definition) is 4. The van der Waals surface area contributed by atoms with Crippen LogP contribution in [0.1, 0.15) is 31.9 Å². The number of rotatable bonds is 10. The molecule has 0 aliphatic carbocycles. The van der Waals surface area contributed by atoms with E-state index in [4.69, 9.17) is 23.2 Å². The Morgan fingerprint density at radius 2 is 1.65 bits per heavy atom. The van der Waals surface area contributed by atoms with Crippen molar-refractivity contribution in [2.45, 2.75) is 40.3 Å². The van der Waals surface area contributed by atoms with Crippen LogP contribution in [-0.2, 0) is 26.2 Å². The molecular formula is C24H31Cl2N3O4S. The van der Waals surface area contributed by atoms with Crippen LogP contribution in [0, 0.1) is 12.8 Å². The van der Waals surface area contributed by atoms with Crippen molar-refractivity contribution in [3.05, 3.63) is 63.6 Å². The summed E-state index contributed by atoms with van der Waals surface area (Å²) in [6.45, 7) is 7.45. The zero-order valence-electron chi connectivity index (χ0n) is 20.0. The topological polar surface area (TPSA) is 86.8 Å². The number of aryl methyl sites for hydroxylation is 1. The number of halogens is 2. The molecule has 34 heavy (non-hydrogen) atoms. The Morgan fingerprint density at radius 1 is 1.03 bits per heavy atom. The zero-order chi connectivity index (χ0) is 25.6. The molecule has 0 fully saturated rings. The second kappa shape index (κ2) is 11.9. The van der Waals surface area contributed by atoms with Crippen molar-refractivity contribution in [2.75, 3.05) is 23.7 Å². The molecule has 0 radical (unpaired) electrons. The van der Waals surface area contributed by atoms with E-state index in [1.54, 1.807) is 50.2 Å². The molecule has 2 amide bonds. The van der Waals surface area contributed by atoms with Crippen LogP contribution in [0.25, 0.3) is 0 Å². The van der Waals surface area contributed by atoms with Gasteiger partial charge in [-0.2, -0.15) is 0 Å². The second-order valence-electron chi connectivity index (χ2n) is 8.67. The minimum Gasteiger partial charge on any atom is -0.354 e. The van der Waals surface area contributed by atoms with Crippen molar-refractivity contribution < 1.29 is 18.0 Å². The minimum atomic E-state index is -3.81. The normalized spacial score (nSPS) is 12.4. The standard InChI is InChI=1S/C24H31Cl2N3O4S/c1-16(2)13-27-24(31)18(4)28(14-19-7-9-20(25)10-8-19)23(30)15-29(34(5,32)33)21-11-6-17(3)22(26)12-21/h6-12,16,18H,13-15H2,1-5H3,(H,27,31)/t18-/m0/s1. The Morgan fingerprint density at radius 3 is 2.18 bits per heavy atom. The fourth-order valence-corrected chi connectivity index (χ4v) is 4.31. The Labute approximate surface area is 212 Å². The van der Waals surface area contributed by atoms with Crippen molar-refractivity contribution in [1.29, 1.82) is 0 Å². The second-order valence-corrected chi connectivity index (χ2v) is 11.4. The van der Waals surface area contributed by atoms with Gasteiger partial charge in [-0.25, -0.2) is 8.42 Å². The number of carbonyl (C=O) groups excluding carboxylic acids is 2. The first-order chi connectivity index (χ1) is 15.8. The highest BCUT2D eigenvalue weighted by Gasteiger charge is 2.30. The molecule has 0 unspecified atom stereocenters. The van der Waals surface area contributed by atoms with Crippen molar-refractivity contribution in [1.82, 2.24) is 10.2 Å². The van der Waals surface area contributed by atoms with E-state index in [1.807, 2.05) is 13.8 Å². The third-order valence-corrected chi connectivity index (χ3v) is 7.04. The lowest BCUT2D eigenvalue weighted by molar-refractivity contribution is -0.139. The van der Waals surface area contributed by atoms with Crippen LogP contribution in [0.3, 0.4) is 0 Å². The van der Waals surface area contributed by atoms with Gasteiger partial charge in [0.2, 0.25) is 21.8 Å². The molecule has 2 aromatic carbocycles. The van der Waals surface area contributed by atoms with Crippen LogP contribution in [-0.4, -0.2) is 50.5 Å². The van der Waals surface area contributed by atoms with Gasteiger partial charge in [-0.3, -0.25) is 13.9 Å². The molecular weight excluding hydrogens is 497 g/mol. The van der Waals surface area contributed by atoms with E-state index in [-0.39, 0.29) is 24.1 Å². The minimum absolute atomic E-state index is 0.110. The van der Waals surface area contributed by atoms with Gasteiger partial charge in [0.15, 0.2) is 0 Å². The third kappa shape index (κ3) is 7.89. The molecule has 0 aliphatic rings. The van der Waals surface area contributed by atoms with E-state index in [9.17, 15) is 18.0 Å². The molecule has 0 spiro atoms. The van der Waals surface area contributed by atoms with E-state index in [1.165, 1.54) is 11.0 Å². The Bertz CT molecular complexity index is 1120. The molecule has 0 saturated heterocycles. The summed E-state index contributed by atoms with van der Waals surface area (Å²) in [6.07, 6.45) is 1.02. The molecule has 2 aromatic rings. The first-order valence-corrected chi connectivity index (χ1v) is 13.5. The smallest absolute Gasteiger partial charge is 0.244 e. The van der Waals surface area contributed by atoms with E-state index < -0.39 is 28.5 Å². The number of anilines is 1. The van der Waals surface area contributed by atoms with Gasteiger partial charge < -0.3 is 10.2 Å². The number of benzene rings is 2. The molecule has 1 N–H and O–H groups in total. The highest BCUT2D eigenvalue weighted by molar-refractivity contribution is 7.92. The van der Waals surface area contributed by atoms with Gasteiger partial charge in [-0.1, -0.05) is 55.2 Å². The van der Waals surface area contributed by atoms with Crippen molar-refractivity contribution in [3.63, 3.8) is 0 Å². The quantitative estimate of drug-likeness (QED) is 0.500. The first kappa shape index (κ1) is 28.0. The summed E-state index contributed by atoms with van der Waals surface area (Å²) in [5, 5.41) is 3.77. The largest absolute Gasteiger partial charge is 0.354 e. The fourth-order valence-electron chi connectivity index (χ4n) is 3.17. The van der Waals surface area contributed by atoms with E-state index in [0.717, 1.165) is 21.7 Å². The van der Waals surface area contributed by atoms with Gasteiger partial charge in [-0.05, 0) is 55.2 Å². The predicted molar refractivity (Wildman–Crippen MR) is 138 cm³/mol. The number of nitrogens with one attached hydrogen (secondary N) is 1. The number of amides is 2. The highest BCUT2D eigenvalue weighted by Crippen LogP contribution is 2.25. The maximum Gasteiger partial charge on any atom is 0.244 e. The first-order valence-electron chi connectivity index (χ1n) is 10.8. The van der Waals surface area contributed by atoms with Crippen LogP contribution in [0.15, 0.2) is 42.5 Å². The Balaban J connectivity index is 2.37. The molecule has 2 rings (SSSR count). The number of hydrogen-bond donors (Lipinski definition) is 1. The van der Waals surface area contributed by atoms with Gasteiger partial charge in [0.1, 0.15) is 12.6 Å².